The van der Waals surface area contributed by atoms with Crippen molar-refractivity contribution in [3.8, 4) is 0 Å². The van der Waals surface area contributed by atoms with Crippen LogP contribution >= 0.6 is 0 Å². The van der Waals surface area contributed by atoms with Crippen LogP contribution in [0, 0.1) is 0 Å². The van der Waals surface area contributed by atoms with Crippen LogP contribution in [-0.2, 0) is 0 Å². The van der Waals surface area contributed by atoms with Crippen molar-refractivity contribution in [3.63, 3.8) is 0 Å². The summed E-state index contributed by atoms with van der Waals surface area (Å²) in [5.74, 6) is 0. The lowest BCUT2D eigenvalue weighted by Crippen LogP contribution is -2.09. The maximum atomic E-state index is 12.1. The molecule has 1 aromatic carbocycles. The van der Waals surface area contributed by atoms with E-state index in [1.165, 1.54) is 0 Å². The Morgan fingerprint density at radius 1 is 1.46 bits per heavy atom. The van der Waals surface area contributed by atoms with Crippen LogP contribution in [0.4, 0.5) is 10.1 Å². The Morgan fingerprint density at radius 3 is 2.69 bits per heavy atom. The highest BCUT2D eigenvalue weighted by Gasteiger charge is 2.07. The molecule has 0 amide bonds. The van der Waals surface area contributed by atoms with Gasteiger partial charge in [0.15, 0.2) is 0 Å². The van der Waals surface area contributed by atoms with Crippen molar-refractivity contribution in [2.45, 2.75) is 6.10 Å². The molecule has 0 bridgehead atoms. The minimum absolute atomic E-state index is 0.619. The first kappa shape index (κ1) is 9.99. The molecule has 72 valence electrons. The van der Waals surface area contributed by atoms with Gasteiger partial charge in [0.05, 0.1) is 0 Å². The maximum Gasteiger partial charge on any atom is 0.119 e. The first-order chi connectivity index (χ1) is 6.15. The van der Waals surface area contributed by atoms with Gasteiger partial charge in [-0.3, -0.25) is 0 Å². The molecule has 1 atom stereocenters. The molecule has 0 heterocycles. The fourth-order valence-electron chi connectivity index (χ4n) is 1.10. The highest BCUT2D eigenvalue weighted by atomic mass is 19.1. The third kappa shape index (κ3) is 2.42. The van der Waals surface area contributed by atoms with E-state index in [-0.39, 0.29) is 0 Å². The summed E-state index contributed by atoms with van der Waals surface area (Å²) in [6, 6.07) is 7.22. The van der Waals surface area contributed by atoms with Gasteiger partial charge in [-0.2, -0.15) is 0 Å². The number of anilines is 1. The van der Waals surface area contributed by atoms with E-state index < -0.39 is 12.8 Å². The summed E-state index contributed by atoms with van der Waals surface area (Å²) in [7, 11) is 3.81. The Balaban J connectivity index is 2.91. The van der Waals surface area contributed by atoms with Gasteiger partial charge in [0.2, 0.25) is 0 Å². The summed E-state index contributed by atoms with van der Waals surface area (Å²) in [5.41, 5.74) is 1.58. The highest BCUT2D eigenvalue weighted by molar-refractivity contribution is 5.47. The number of halogens is 1. The van der Waals surface area contributed by atoms with Gasteiger partial charge >= 0.3 is 0 Å². The fourth-order valence-corrected chi connectivity index (χ4v) is 1.10. The van der Waals surface area contributed by atoms with Crippen LogP contribution in [0.15, 0.2) is 24.3 Å². The van der Waals surface area contributed by atoms with Gasteiger partial charge in [-0.15, -0.1) is 0 Å². The molecule has 2 nitrogen and oxygen atoms in total. The average Bonchev–Trinajstić information content (AvgIpc) is 2.17. The molecule has 13 heavy (non-hydrogen) atoms. The Morgan fingerprint density at radius 2 is 2.15 bits per heavy atom. The monoisotopic (exact) mass is 183 g/mol. The smallest absolute Gasteiger partial charge is 0.119 e. The molecule has 0 aliphatic rings. The fraction of sp³-hybridized carbons (Fsp3) is 0.400. The Labute approximate surface area is 77.6 Å². The van der Waals surface area contributed by atoms with Gasteiger partial charge in [-0.25, -0.2) is 4.39 Å². The van der Waals surface area contributed by atoms with Crippen molar-refractivity contribution in [1.82, 2.24) is 0 Å². The molecule has 0 spiro atoms. The lowest BCUT2D eigenvalue weighted by molar-refractivity contribution is 0.142. The number of aliphatic hydroxyl groups excluding tert-OH is 1. The molecule has 1 aromatic rings. The van der Waals surface area contributed by atoms with E-state index in [9.17, 15) is 9.50 Å². The predicted octanol–water partition coefficient (Wildman–Crippen LogP) is 1.76. The molecular formula is C10H14FNO. The van der Waals surface area contributed by atoms with E-state index in [1.807, 2.05) is 31.1 Å². The molecule has 0 aromatic heterocycles. The Kier molecular flexibility index (Phi) is 3.25. The van der Waals surface area contributed by atoms with Crippen molar-refractivity contribution in [2.24, 2.45) is 0 Å². The summed E-state index contributed by atoms with van der Waals surface area (Å²) in [6.07, 6.45) is -1.00. The summed E-state index contributed by atoms with van der Waals surface area (Å²) < 4.78 is 12.1. The molecule has 0 aliphatic carbocycles. The van der Waals surface area contributed by atoms with E-state index in [0.29, 0.717) is 5.56 Å². The lowest BCUT2D eigenvalue weighted by Gasteiger charge is -2.14. The maximum absolute atomic E-state index is 12.1. The van der Waals surface area contributed by atoms with Crippen molar-refractivity contribution in [1.29, 1.82) is 0 Å². The van der Waals surface area contributed by atoms with E-state index in [2.05, 4.69) is 0 Å². The molecular weight excluding hydrogens is 169 g/mol. The van der Waals surface area contributed by atoms with Crippen molar-refractivity contribution < 1.29 is 9.50 Å². The van der Waals surface area contributed by atoms with E-state index in [4.69, 9.17) is 0 Å². The minimum Gasteiger partial charge on any atom is -0.386 e. The largest absolute Gasteiger partial charge is 0.386 e. The molecule has 0 radical (unpaired) electrons. The third-order valence-electron chi connectivity index (χ3n) is 1.92. The Hall–Kier alpha value is -1.09. The number of nitrogens with zero attached hydrogens (tertiary/aromatic N) is 1. The summed E-state index contributed by atoms with van der Waals surface area (Å²) in [4.78, 5) is 1.91. The van der Waals surface area contributed by atoms with Gasteiger partial charge < -0.3 is 10.0 Å². The first-order valence-electron chi connectivity index (χ1n) is 4.16. The number of rotatable bonds is 3. The van der Waals surface area contributed by atoms with Crippen molar-refractivity contribution in [3.05, 3.63) is 29.8 Å². The summed E-state index contributed by atoms with van der Waals surface area (Å²) in [5, 5.41) is 9.24. The normalized spacial score (nSPS) is 12.6. The average molecular weight is 183 g/mol. The number of hydrogen-bond donors (Lipinski definition) is 1. The molecule has 3 heteroatoms. The topological polar surface area (TPSA) is 23.5 Å². The zero-order valence-electron chi connectivity index (χ0n) is 7.87. The van der Waals surface area contributed by atoms with Gasteiger partial charge in [-0.05, 0) is 17.7 Å². The minimum atomic E-state index is -1.00. The van der Waals surface area contributed by atoms with Crippen LogP contribution in [0.25, 0.3) is 0 Å². The molecule has 0 aliphatic heterocycles. The standard InChI is InChI=1S/C10H14FNO/c1-12(2)9-5-3-4-8(6-9)10(13)7-11/h3-6,10,13H,7H2,1-2H3. The summed E-state index contributed by atoms with van der Waals surface area (Å²) in [6.45, 7) is -0.739. The Bertz CT molecular complexity index is 275. The van der Waals surface area contributed by atoms with Crippen LogP contribution in [0.1, 0.15) is 11.7 Å². The predicted molar refractivity (Wildman–Crippen MR) is 51.7 cm³/mol. The highest BCUT2D eigenvalue weighted by Crippen LogP contribution is 2.19. The number of hydrogen-bond acceptors (Lipinski definition) is 2. The van der Waals surface area contributed by atoms with Crippen LogP contribution in [0.3, 0.4) is 0 Å². The quantitative estimate of drug-likeness (QED) is 0.771. The third-order valence-corrected chi connectivity index (χ3v) is 1.92. The van der Waals surface area contributed by atoms with Crippen LogP contribution < -0.4 is 4.90 Å². The second-order valence-corrected chi connectivity index (χ2v) is 3.16. The zero-order chi connectivity index (χ0) is 9.84. The van der Waals surface area contributed by atoms with Gasteiger partial charge in [0.25, 0.3) is 0 Å². The van der Waals surface area contributed by atoms with E-state index in [1.54, 1.807) is 12.1 Å². The van der Waals surface area contributed by atoms with Crippen molar-refractivity contribution in [2.75, 3.05) is 25.7 Å². The van der Waals surface area contributed by atoms with E-state index >= 15 is 0 Å². The second-order valence-electron chi connectivity index (χ2n) is 3.16. The zero-order valence-corrected chi connectivity index (χ0v) is 7.87. The van der Waals surface area contributed by atoms with Gasteiger partial charge in [0, 0.05) is 19.8 Å². The second kappa shape index (κ2) is 4.23. The molecule has 1 rings (SSSR count). The number of benzene rings is 1. The number of alkyl halides is 1. The van der Waals surface area contributed by atoms with Crippen molar-refractivity contribution >= 4 is 5.69 Å². The molecule has 1 N–H and O–H groups in total. The molecule has 0 saturated heterocycles. The lowest BCUT2D eigenvalue weighted by atomic mass is 10.1. The molecule has 0 saturated carbocycles. The summed E-state index contributed by atoms with van der Waals surface area (Å²) >= 11 is 0. The van der Waals surface area contributed by atoms with Gasteiger partial charge in [0.1, 0.15) is 12.8 Å². The van der Waals surface area contributed by atoms with Gasteiger partial charge in [-0.1, -0.05) is 12.1 Å². The van der Waals surface area contributed by atoms with Crippen LogP contribution in [-0.4, -0.2) is 25.9 Å². The molecule has 0 fully saturated rings. The molecule has 1 unspecified atom stereocenters. The van der Waals surface area contributed by atoms with Crippen LogP contribution in [0.2, 0.25) is 0 Å². The van der Waals surface area contributed by atoms with E-state index in [0.717, 1.165) is 5.69 Å². The first-order valence-corrected chi connectivity index (χ1v) is 4.16. The SMILES string of the molecule is CN(C)c1cccc(C(O)CF)c1. The number of aliphatic hydroxyl groups is 1. The van der Waals surface area contributed by atoms with Crippen LogP contribution in [0.5, 0.6) is 0 Å².